The molecule has 100 valence electrons. The quantitative estimate of drug-likeness (QED) is 0.766. The summed E-state index contributed by atoms with van der Waals surface area (Å²) in [4.78, 5) is 36.6. The van der Waals surface area contributed by atoms with Gasteiger partial charge < -0.3 is 5.11 Å². The van der Waals surface area contributed by atoms with E-state index >= 15 is 0 Å². The van der Waals surface area contributed by atoms with Crippen molar-refractivity contribution in [1.29, 1.82) is 0 Å². The number of hydrogen-bond acceptors (Lipinski definition) is 3. The van der Waals surface area contributed by atoms with E-state index in [0.29, 0.717) is 6.42 Å². The first-order valence-electron chi connectivity index (χ1n) is 6.50. The topological polar surface area (TPSA) is 74.7 Å². The van der Waals surface area contributed by atoms with Gasteiger partial charge in [0.25, 0.3) is 0 Å². The second-order valence-electron chi connectivity index (χ2n) is 5.66. The molecule has 2 bridgehead atoms. The molecule has 5 heteroatoms. The molecule has 1 aliphatic carbocycles. The Morgan fingerprint density at radius 2 is 1.78 bits per heavy atom. The highest BCUT2D eigenvalue weighted by Gasteiger charge is 2.48. The molecule has 2 amide bonds. The summed E-state index contributed by atoms with van der Waals surface area (Å²) >= 11 is 0. The van der Waals surface area contributed by atoms with Crippen LogP contribution in [-0.2, 0) is 14.4 Å². The number of carbonyl (C=O) groups excluding carboxylic acids is 2. The summed E-state index contributed by atoms with van der Waals surface area (Å²) in [5, 5.41) is 8.93. The molecule has 0 spiro atoms. The molecule has 3 atom stereocenters. The van der Waals surface area contributed by atoms with Gasteiger partial charge in [-0.1, -0.05) is 13.8 Å². The molecule has 0 radical (unpaired) electrons. The molecule has 18 heavy (non-hydrogen) atoms. The van der Waals surface area contributed by atoms with Gasteiger partial charge in [-0.25, -0.2) is 0 Å². The van der Waals surface area contributed by atoms with Gasteiger partial charge in [-0.15, -0.1) is 0 Å². The number of carboxylic acid groups (broad SMARTS) is 1. The SMILES string of the molecule is CC(C)C(CC(=O)O)N1C(=O)C2CCC(C2)C1=O. The van der Waals surface area contributed by atoms with Crippen LogP contribution in [0.3, 0.4) is 0 Å². The Morgan fingerprint density at radius 1 is 1.28 bits per heavy atom. The van der Waals surface area contributed by atoms with Crippen molar-refractivity contribution in [1.82, 2.24) is 4.90 Å². The second-order valence-corrected chi connectivity index (χ2v) is 5.66. The smallest absolute Gasteiger partial charge is 0.305 e. The van der Waals surface area contributed by atoms with Gasteiger partial charge in [0.2, 0.25) is 11.8 Å². The highest BCUT2D eigenvalue weighted by Crippen LogP contribution is 2.40. The molecule has 0 aromatic rings. The average molecular weight is 253 g/mol. The molecule has 2 aliphatic rings. The fourth-order valence-electron chi connectivity index (χ4n) is 3.06. The Kier molecular flexibility index (Phi) is 3.41. The molecule has 1 N–H and O–H groups in total. The third-order valence-corrected chi connectivity index (χ3v) is 4.09. The predicted molar refractivity (Wildman–Crippen MR) is 63.6 cm³/mol. The van der Waals surface area contributed by atoms with Crippen molar-refractivity contribution in [3.05, 3.63) is 0 Å². The van der Waals surface area contributed by atoms with Gasteiger partial charge in [-0.3, -0.25) is 19.3 Å². The fraction of sp³-hybridized carbons (Fsp3) is 0.769. The van der Waals surface area contributed by atoms with Gasteiger partial charge in [-0.2, -0.15) is 0 Å². The predicted octanol–water partition coefficient (Wildman–Crippen LogP) is 1.27. The second kappa shape index (κ2) is 4.71. The van der Waals surface area contributed by atoms with E-state index in [0.717, 1.165) is 12.8 Å². The number of piperidine rings is 1. The summed E-state index contributed by atoms with van der Waals surface area (Å²) in [6, 6.07) is -0.508. The van der Waals surface area contributed by atoms with Crippen molar-refractivity contribution >= 4 is 17.8 Å². The van der Waals surface area contributed by atoms with Gasteiger partial charge in [0, 0.05) is 11.8 Å². The summed E-state index contributed by atoms with van der Waals surface area (Å²) < 4.78 is 0. The molecule has 2 fully saturated rings. The normalized spacial score (nSPS) is 28.9. The molecule has 0 aromatic carbocycles. The number of carbonyl (C=O) groups is 3. The maximum Gasteiger partial charge on any atom is 0.305 e. The van der Waals surface area contributed by atoms with Crippen LogP contribution in [0.1, 0.15) is 39.5 Å². The molecule has 1 aliphatic heterocycles. The van der Waals surface area contributed by atoms with Crippen molar-refractivity contribution in [2.24, 2.45) is 17.8 Å². The van der Waals surface area contributed by atoms with Crippen LogP contribution >= 0.6 is 0 Å². The lowest BCUT2D eigenvalue weighted by Crippen LogP contribution is -2.53. The zero-order chi connectivity index (χ0) is 13.4. The molecular weight excluding hydrogens is 234 g/mol. The highest BCUT2D eigenvalue weighted by molar-refractivity contribution is 6.01. The monoisotopic (exact) mass is 253 g/mol. The van der Waals surface area contributed by atoms with Crippen LogP contribution in [0.15, 0.2) is 0 Å². The van der Waals surface area contributed by atoms with Crippen LogP contribution in [-0.4, -0.2) is 33.8 Å². The summed E-state index contributed by atoms with van der Waals surface area (Å²) in [5.74, 6) is -1.45. The molecule has 3 unspecified atom stereocenters. The van der Waals surface area contributed by atoms with Crippen LogP contribution in [0.2, 0.25) is 0 Å². The van der Waals surface area contributed by atoms with Gasteiger partial charge in [0.1, 0.15) is 0 Å². The largest absolute Gasteiger partial charge is 0.481 e. The van der Waals surface area contributed by atoms with Crippen molar-refractivity contribution in [2.75, 3.05) is 0 Å². The highest BCUT2D eigenvalue weighted by atomic mass is 16.4. The summed E-state index contributed by atoms with van der Waals surface area (Å²) in [6.45, 7) is 3.70. The minimum absolute atomic E-state index is 0.0356. The maximum absolute atomic E-state index is 12.2. The molecule has 2 rings (SSSR count). The van der Waals surface area contributed by atoms with Crippen LogP contribution in [0, 0.1) is 17.8 Å². The molecule has 1 saturated heterocycles. The lowest BCUT2D eigenvalue weighted by molar-refractivity contribution is -0.158. The van der Waals surface area contributed by atoms with Crippen molar-refractivity contribution in [2.45, 2.75) is 45.6 Å². The standard InChI is InChI=1S/C13H19NO4/c1-7(2)10(6-11(15)16)14-12(17)8-3-4-9(5-8)13(14)18/h7-10H,3-6H2,1-2H3,(H,15,16). The van der Waals surface area contributed by atoms with Crippen molar-refractivity contribution in [3.8, 4) is 0 Å². The first-order valence-corrected chi connectivity index (χ1v) is 6.50. The number of imide groups is 1. The van der Waals surface area contributed by atoms with E-state index in [1.165, 1.54) is 4.90 Å². The molecule has 5 nitrogen and oxygen atoms in total. The number of hydrogen-bond donors (Lipinski definition) is 1. The summed E-state index contributed by atoms with van der Waals surface area (Å²) in [7, 11) is 0. The number of amides is 2. The van der Waals surface area contributed by atoms with Crippen LogP contribution in [0.4, 0.5) is 0 Å². The van der Waals surface area contributed by atoms with Crippen molar-refractivity contribution < 1.29 is 19.5 Å². The maximum atomic E-state index is 12.2. The molecule has 1 heterocycles. The zero-order valence-electron chi connectivity index (χ0n) is 10.8. The third-order valence-electron chi connectivity index (χ3n) is 4.09. The van der Waals surface area contributed by atoms with Gasteiger partial charge in [-0.05, 0) is 25.2 Å². The van der Waals surface area contributed by atoms with E-state index in [-0.39, 0.29) is 36.0 Å². The van der Waals surface area contributed by atoms with Gasteiger partial charge >= 0.3 is 5.97 Å². The average Bonchev–Trinajstić information content (AvgIpc) is 2.71. The summed E-state index contributed by atoms with van der Waals surface area (Å²) in [6.07, 6.45) is 2.04. The molecular formula is C13H19NO4. The lowest BCUT2D eigenvalue weighted by atomic mass is 9.91. The van der Waals surface area contributed by atoms with E-state index in [9.17, 15) is 14.4 Å². The van der Waals surface area contributed by atoms with E-state index in [4.69, 9.17) is 5.11 Å². The number of fused-ring (bicyclic) bond motifs is 2. The fourth-order valence-corrected chi connectivity index (χ4v) is 3.06. The van der Waals surface area contributed by atoms with Crippen LogP contribution in [0.5, 0.6) is 0 Å². The lowest BCUT2D eigenvalue weighted by Gasteiger charge is -2.37. The molecule has 0 aromatic heterocycles. The third kappa shape index (κ3) is 2.13. The summed E-state index contributed by atoms with van der Waals surface area (Å²) in [5.41, 5.74) is 0. The Morgan fingerprint density at radius 3 is 2.17 bits per heavy atom. The van der Waals surface area contributed by atoms with E-state index in [1.807, 2.05) is 13.8 Å². The minimum Gasteiger partial charge on any atom is -0.481 e. The Labute approximate surface area is 106 Å². The van der Waals surface area contributed by atoms with Crippen molar-refractivity contribution in [3.63, 3.8) is 0 Å². The number of likely N-dealkylation sites (tertiary alicyclic amines) is 1. The van der Waals surface area contributed by atoms with E-state index < -0.39 is 12.0 Å². The number of rotatable bonds is 4. The molecule has 1 saturated carbocycles. The van der Waals surface area contributed by atoms with Gasteiger partial charge in [0.05, 0.1) is 12.5 Å². The Bertz CT molecular complexity index is 368. The first-order chi connectivity index (χ1) is 8.41. The zero-order valence-corrected chi connectivity index (χ0v) is 10.8. The van der Waals surface area contributed by atoms with Gasteiger partial charge in [0.15, 0.2) is 0 Å². The van der Waals surface area contributed by atoms with E-state index in [1.54, 1.807) is 0 Å². The first kappa shape index (κ1) is 13.1. The number of aliphatic carboxylic acids is 1. The van der Waals surface area contributed by atoms with Crippen LogP contribution in [0.25, 0.3) is 0 Å². The number of carboxylic acids is 1. The minimum atomic E-state index is -0.966. The Hall–Kier alpha value is -1.39. The van der Waals surface area contributed by atoms with E-state index in [2.05, 4.69) is 0 Å². The Balaban J connectivity index is 2.25. The van der Waals surface area contributed by atoms with Crippen LogP contribution < -0.4 is 0 Å². The number of nitrogens with zero attached hydrogens (tertiary/aromatic N) is 1.